The van der Waals surface area contributed by atoms with Crippen molar-refractivity contribution in [2.45, 2.75) is 27.0 Å². The van der Waals surface area contributed by atoms with Gasteiger partial charge in [0, 0.05) is 30.6 Å². The van der Waals surface area contributed by atoms with Crippen LogP contribution in [0.15, 0.2) is 42.7 Å². The van der Waals surface area contributed by atoms with E-state index in [2.05, 4.69) is 24.1 Å². The molecule has 0 amide bonds. The first-order valence-corrected chi connectivity index (χ1v) is 7.15. The van der Waals surface area contributed by atoms with Crippen LogP contribution in [0.3, 0.4) is 0 Å². The van der Waals surface area contributed by atoms with Gasteiger partial charge in [-0.15, -0.1) is 0 Å². The number of nitrogens with zero attached hydrogens (tertiary/aromatic N) is 1. The third kappa shape index (κ3) is 5.52. The number of hydrogen-bond acceptors (Lipinski definition) is 3. The second-order valence-electron chi connectivity index (χ2n) is 5.47. The minimum absolute atomic E-state index is 0.278. The number of rotatable bonds is 7. The van der Waals surface area contributed by atoms with Crippen LogP contribution < -0.4 is 10.1 Å². The second kappa shape index (κ2) is 7.74. The van der Waals surface area contributed by atoms with E-state index in [4.69, 9.17) is 4.74 Å². The van der Waals surface area contributed by atoms with E-state index < -0.39 is 0 Å². The molecule has 0 unspecified atom stereocenters. The van der Waals surface area contributed by atoms with E-state index in [0.717, 1.165) is 17.7 Å². The Morgan fingerprint density at radius 1 is 1.24 bits per heavy atom. The fourth-order valence-corrected chi connectivity index (χ4v) is 1.96. The van der Waals surface area contributed by atoms with Crippen molar-refractivity contribution in [1.82, 2.24) is 10.3 Å². The summed E-state index contributed by atoms with van der Waals surface area (Å²) in [7, 11) is 0. The Hall–Kier alpha value is -1.94. The second-order valence-corrected chi connectivity index (χ2v) is 5.47. The van der Waals surface area contributed by atoms with Crippen LogP contribution >= 0.6 is 0 Å². The summed E-state index contributed by atoms with van der Waals surface area (Å²) in [5, 5.41) is 3.30. The normalized spacial score (nSPS) is 10.9. The molecule has 1 heterocycles. The summed E-state index contributed by atoms with van der Waals surface area (Å²) in [4.78, 5) is 4.02. The number of nitrogens with one attached hydrogen (secondary N) is 1. The van der Waals surface area contributed by atoms with Gasteiger partial charge in [0.2, 0.25) is 0 Å². The molecular weight excluding hydrogens is 267 g/mol. The molecule has 3 nitrogen and oxygen atoms in total. The van der Waals surface area contributed by atoms with Gasteiger partial charge in [-0.1, -0.05) is 19.9 Å². The van der Waals surface area contributed by atoms with Crippen LogP contribution in [0.2, 0.25) is 0 Å². The maximum absolute atomic E-state index is 13.6. The summed E-state index contributed by atoms with van der Waals surface area (Å²) >= 11 is 0. The standard InChI is InChI=1S/C17H21FN2O/c1-13(2)9-20-11-15-6-16(18)8-17(7-15)21-12-14-4-3-5-19-10-14/h3-8,10,13,20H,9,11-12H2,1-2H3. The quantitative estimate of drug-likeness (QED) is 0.846. The van der Waals surface area contributed by atoms with E-state index in [-0.39, 0.29) is 5.82 Å². The number of halogens is 1. The predicted molar refractivity (Wildman–Crippen MR) is 81.5 cm³/mol. The lowest BCUT2D eigenvalue weighted by Crippen LogP contribution is -2.19. The van der Waals surface area contributed by atoms with E-state index in [1.165, 1.54) is 12.1 Å². The first-order valence-electron chi connectivity index (χ1n) is 7.15. The summed E-state index contributed by atoms with van der Waals surface area (Å²) in [5.74, 6) is 0.833. The highest BCUT2D eigenvalue weighted by Crippen LogP contribution is 2.18. The van der Waals surface area contributed by atoms with Crippen molar-refractivity contribution in [1.29, 1.82) is 0 Å². The van der Waals surface area contributed by atoms with Crippen molar-refractivity contribution in [3.05, 3.63) is 59.7 Å². The van der Waals surface area contributed by atoms with Crippen LogP contribution in [-0.4, -0.2) is 11.5 Å². The minimum Gasteiger partial charge on any atom is -0.489 e. The summed E-state index contributed by atoms with van der Waals surface area (Å²) in [6.45, 7) is 6.21. The lowest BCUT2D eigenvalue weighted by Gasteiger charge is -2.10. The fraction of sp³-hybridized carbons (Fsp3) is 0.353. The monoisotopic (exact) mass is 288 g/mol. The highest BCUT2D eigenvalue weighted by atomic mass is 19.1. The molecule has 0 saturated carbocycles. The van der Waals surface area contributed by atoms with Gasteiger partial charge < -0.3 is 10.1 Å². The zero-order chi connectivity index (χ0) is 15.1. The van der Waals surface area contributed by atoms with Gasteiger partial charge >= 0.3 is 0 Å². The lowest BCUT2D eigenvalue weighted by molar-refractivity contribution is 0.303. The van der Waals surface area contributed by atoms with Gasteiger partial charge in [-0.2, -0.15) is 0 Å². The molecule has 0 aliphatic rings. The molecule has 0 fully saturated rings. The number of ether oxygens (including phenoxy) is 1. The number of benzene rings is 1. The Kier molecular flexibility index (Phi) is 5.69. The number of hydrogen-bond donors (Lipinski definition) is 1. The molecule has 0 spiro atoms. The van der Waals surface area contributed by atoms with Gasteiger partial charge in [-0.3, -0.25) is 4.98 Å². The maximum atomic E-state index is 13.6. The Labute approximate surface area is 125 Å². The molecule has 0 atom stereocenters. The molecule has 0 bridgehead atoms. The third-order valence-corrected chi connectivity index (χ3v) is 2.94. The van der Waals surface area contributed by atoms with E-state index in [0.29, 0.717) is 24.8 Å². The number of aromatic nitrogens is 1. The third-order valence-electron chi connectivity index (χ3n) is 2.94. The minimum atomic E-state index is -0.278. The highest BCUT2D eigenvalue weighted by molar-refractivity contribution is 5.30. The molecule has 4 heteroatoms. The first-order chi connectivity index (χ1) is 10.1. The molecule has 2 rings (SSSR count). The molecule has 0 aliphatic heterocycles. The van der Waals surface area contributed by atoms with Crippen molar-refractivity contribution in [2.75, 3.05) is 6.54 Å². The van der Waals surface area contributed by atoms with E-state index in [9.17, 15) is 4.39 Å². The fourth-order valence-electron chi connectivity index (χ4n) is 1.96. The van der Waals surface area contributed by atoms with Crippen LogP contribution in [-0.2, 0) is 13.2 Å². The molecule has 2 aromatic rings. The molecule has 112 valence electrons. The Bertz CT molecular complexity index is 558. The highest BCUT2D eigenvalue weighted by Gasteiger charge is 2.03. The lowest BCUT2D eigenvalue weighted by atomic mass is 10.2. The molecular formula is C17H21FN2O. The van der Waals surface area contributed by atoms with Crippen LogP contribution in [0, 0.1) is 11.7 Å². The van der Waals surface area contributed by atoms with Gasteiger partial charge in [0.25, 0.3) is 0 Å². The van der Waals surface area contributed by atoms with Crippen molar-refractivity contribution >= 4 is 0 Å². The molecule has 0 radical (unpaired) electrons. The average Bonchev–Trinajstić information content (AvgIpc) is 2.45. The maximum Gasteiger partial charge on any atom is 0.127 e. The zero-order valence-corrected chi connectivity index (χ0v) is 12.5. The Morgan fingerprint density at radius 2 is 2.10 bits per heavy atom. The summed E-state index contributed by atoms with van der Waals surface area (Å²) in [6.07, 6.45) is 3.45. The van der Waals surface area contributed by atoms with Crippen LogP contribution in [0.1, 0.15) is 25.0 Å². The summed E-state index contributed by atoms with van der Waals surface area (Å²) in [5.41, 5.74) is 1.85. The summed E-state index contributed by atoms with van der Waals surface area (Å²) in [6, 6.07) is 8.59. The number of pyridine rings is 1. The van der Waals surface area contributed by atoms with Crippen LogP contribution in [0.5, 0.6) is 5.75 Å². The van der Waals surface area contributed by atoms with Crippen LogP contribution in [0.25, 0.3) is 0 Å². The molecule has 0 saturated heterocycles. The van der Waals surface area contributed by atoms with Crippen molar-refractivity contribution in [3.63, 3.8) is 0 Å². The first kappa shape index (κ1) is 15.4. The van der Waals surface area contributed by atoms with Gasteiger partial charge in [-0.05, 0) is 36.2 Å². The topological polar surface area (TPSA) is 34.1 Å². The van der Waals surface area contributed by atoms with E-state index in [1.54, 1.807) is 12.4 Å². The molecule has 0 aliphatic carbocycles. The SMILES string of the molecule is CC(C)CNCc1cc(F)cc(OCc2cccnc2)c1. The molecule has 21 heavy (non-hydrogen) atoms. The Morgan fingerprint density at radius 3 is 2.81 bits per heavy atom. The zero-order valence-electron chi connectivity index (χ0n) is 12.5. The molecule has 1 aromatic carbocycles. The largest absolute Gasteiger partial charge is 0.489 e. The molecule has 1 N–H and O–H groups in total. The van der Waals surface area contributed by atoms with Gasteiger partial charge in [0.1, 0.15) is 18.2 Å². The summed E-state index contributed by atoms with van der Waals surface area (Å²) < 4.78 is 19.3. The van der Waals surface area contributed by atoms with Gasteiger partial charge in [-0.25, -0.2) is 4.39 Å². The Balaban J connectivity index is 1.94. The average molecular weight is 288 g/mol. The predicted octanol–water partition coefficient (Wildman–Crippen LogP) is 3.55. The van der Waals surface area contributed by atoms with Crippen LogP contribution in [0.4, 0.5) is 4.39 Å². The van der Waals surface area contributed by atoms with E-state index in [1.807, 2.05) is 18.2 Å². The van der Waals surface area contributed by atoms with Crippen molar-refractivity contribution in [2.24, 2.45) is 5.92 Å². The smallest absolute Gasteiger partial charge is 0.127 e. The molecule has 1 aromatic heterocycles. The van der Waals surface area contributed by atoms with Crippen molar-refractivity contribution in [3.8, 4) is 5.75 Å². The van der Waals surface area contributed by atoms with Crippen molar-refractivity contribution < 1.29 is 9.13 Å². The van der Waals surface area contributed by atoms with Gasteiger partial charge in [0.05, 0.1) is 0 Å². The van der Waals surface area contributed by atoms with Gasteiger partial charge in [0.15, 0.2) is 0 Å². The van der Waals surface area contributed by atoms with E-state index >= 15 is 0 Å².